The van der Waals surface area contributed by atoms with Crippen molar-refractivity contribution in [3.63, 3.8) is 0 Å². The van der Waals surface area contributed by atoms with E-state index in [9.17, 15) is 14.9 Å². The molecule has 1 N–H and O–H groups in total. The molecule has 0 aliphatic carbocycles. The standard InChI is InChI=1S/C17H16N4O3S/c22-17(14-6-7-16(25-14)21(23)24)19-9-8-15-18-10-11-20(15)12-13-4-2-1-3-5-13/h1-7,10-11H,8-9,12H2,(H,19,22). The highest BCUT2D eigenvalue weighted by Crippen LogP contribution is 2.23. The van der Waals surface area contributed by atoms with Gasteiger partial charge in [0.15, 0.2) is 0 Å². The van der Waals surface area contributed by atoms with Crippen LogP contribution in [0.25, 0.3) is 0 Å². The van der Waals surface area contributed by atoms with Gasteiger partial charge in [-0.05, 0) is 11.6 Å². The monoisotopic (exact) mass is 356 g/mol. The lowest BCUT2D eigenvalue weighted by atomic mass is 10.2. The number of nitro groups is 1. The molecule has 1 amide bonds. The van der Waals surface area contributed by atoms with Crippen LogP contribution in [0.1, 0.15) is 21.1 Å². The van der Waals surface area contributed by atoms with Gasteiger partial charge < -0.3 is 9.88 Å². The minimum Gasteiger partial charge on any atom is -0.351 e. The van der Waals surface area contributed by atoms with Gasteiger partial charge in [0.1, 0.15) is 5.82 Å². The van der Waals surface area contributed by atoms with Crippen molar-refractivity contribution in [3.8, 4) is 0 Å². The predicted octanol–water partition coefficient (Wildman–Crippen LogP) is 2.87. The first kappa shape index (κ1) is 16.8. The number of amides is 1. The molecule has 0 fully saturated rings. The molecule has 0 atom stereocenters. The third-order valence-electron chi connectivity index (χ3n) is 3.63. The first-order chi connectivity index (χ1) is 12.1. The number of hydrogen-bond acceptors (Lipinski definition) is 5. The molecule has 3 aromatic rings. The Morgan fingerprint density at radius 1 is 1.24 bits per heavy atom. The lowest BCUT2D eigenvalue weighted by molar-refractivity contribution is -0.380. The predicted molar refractivity (Wildman–Crippen MR) is 94.8 cm³/mol. The molecule has 0 spiro atoms. The van der Waals surface area contributed by atoms with Crippen LogP contribution < -0.4 is 5.32 Å². The van der Waals surface area contributed by atoms with Gasteiger partial charge in [-0.15, -0.1) is 0 Å². The molecular weight excluding hydrogens is 340 g/mol. The second kappa shape index (κ2) is 7.71. The number of imidazole rings is 1. The van der Waals surface area contributed by atoms with Gasteiger partial charge in [0.2, 0.25) is 0 Å². The van der Waals surface area contributed by atoms with E-state index in [-0.39, 0.29) is 10.9 Å². The Kier molecular flexibility index (Phi) is 5.20. The number of hydrogen-bond donors (Lipinski definition) is 1. The number of nitrogens with one attached hydrogen (secondary N) is 1. The Bertz CT molecular complexity index is 873. The quantitative estimate of drug-likeness (QED) is 0.521. The lowest BCUT2D eigenvalue weighted by Crippen LogP contribution is -2.25. The van der Waals surface area contributed by atoms with Gasteiger partial charge in [-0.1, -0.05) is 41.7 Å². The molecule has 2 aromatic heterocycles. The Hall–Kier alpha value is -3.00. The van der Waals surface area contributed by atoms with Crippen molar-refractivity contribution >= 4 is 22.2 Å². The number of carbonyl (C=O) groups excluding carboxylic acids is 1. The molecule has 0 saturated heterocycles. The van der Waals surface area contributed by atoms with E-state index in [2.05, 4.69) is 22.4 Å². The Balaban J connectivity index is 1.54. The zero-order chi connectivity index (χ0) is 17.6. The molecule has 0 aliphatic heterocycles. The van der Waals surface area contributed by atoms with Crippen molar-refractivity contribution < 1.29 is 9.72 Å². The van der Waals surface area contributed by atoms with Crippen LogP contribution >= 0.6 is 11.3 Å². The van der Waals surface area contributed by atoms with E-state index in [0.29, 0.717) is 17.8 Å². The first-order valence-corrected chi connectivity index (χ1v) is 8.51. The zero-order valence-corrected chi connectivity index (χ0v) is 14.1. The van der Waals surface area contributed by atoms with E-state index in [1.54, 1.807) is 6.20 Å². The fourth-order valence-electron chi connectivity index (χ4n) is 2.42. The highest BCUT2D eigenvalue weighted by atomic mass is 32.1. The maximum atomic E-state index is 12.0. The van der Waals surface area contributed by atoms with Crippen LogP contribution in [0.5, 0.6) is 0 Å². The number of benzene rings is 1. The van der Waals surface area contributed by atoms with Crippen molar-refractivity contribution in [1.82, 2.24) is 14.9 Å². The molecule has 3 rings (SSSR count). The van der Waals surface area contributed by atoms with Crippen molar-refractivity contribution in [1.29, 1.82) is 0 Å². The minimum atomic E-state index is -0.498. The molecule has 0 aliphatic rings. The van der Waals surface area contributed by atoms with Gasteiger partial charge in [-0.3, -0.25) is 14.9 Å². The maximum Gasteiger partial charge on any atom is 0.324 e. The van der Waals surface area contributed by atoms with Gasteiger partial charge in [0.05, 0.1) is 9.80 Å². The summed E-state index contributed by atoms with van der Waals surface area (Å²) in [5.74, 6) is 0.570. The van der Waals surface area contributed by atoms with Crippen LogP contribution in [0.15, 0.2) is 54.9 Å². The highest BCUT2D eigenvalue weighted by Gasteiger charge is 2.15. The molecular formula is C17H16N4O3S. The average molecular weight is 356 g/mol. The number of nitrogens with zero attached hydrogens (tertiary/aromatic N) is 3. The Morgan fingerprint density at radius 2 is 2.04 bits per heavy atom. The Morgan fingerprint density at radius 3 is 2.76 bits per heavy atom. The third-order valence-corrected chi connectivity index (χ3v) is 4.66. The second-order valence-electron chi connectivity index (χ2n) is 5.36. The SMILES string of the molecule is O=C(NCCc1nccn1Cc1ccccc1)c1ccc([N+](=O)[O-])s1. The summed E-state index contributed by atoms with van der Waals surface area (Å²) in [6.45, 7) is 1.14. The van der Waals surface area contributed by atoms with Gasteiger partial charge in [-0.2, -0.15) is 0 Å². The van der Waals surface area contributed by atoms with E-state index < -0.39 is 4.92 Å². The van der Waals surface area contributed by atoms with Crippen molar-refractivity contribution in [2.24, 2.45) is 0 Å². The lowest BCUT2D eigenvalue weighted by Gasteiger charge is -2.08. The van der Waals surface area contributed by atoms with Crippen molar-refractivity contribution in [2.45, 2.75) is 13.0 Å². The summed E-state index contributed by atoms with van der Waals surface area (Å²) in [6.07, 6.45) is 4.23. The van der Waals surface area contributed by atoms with E-state index in [1.807, 2.05) is 29.0 Å². The van der Waals surface area contributed by atoms with Crippen LogP contribution in [0.2, 0.25) is 0 Å². The largest absolute Gasteiger partial charge is 0.351 e. The maximum absolute atomic E-state index is 12.0. The molecule has 25 heavy (non-hydrogen) atoms. The first-order valence-electron chi connectivity index (χ1n) is 7.70. The number of thiophene rings is 1. The zero-order valence-electron chi connectivity index (χ0n) is 13.3. The van der Waals surface area contributed by atoms with Crippen molar-refractivity contribution in [3.05, 3.63) is 81.2 Å². The van der Waals surface area contributed by atoms with E-state index in [1.165, 1.54) is 17.7 Å². The Labute approximate surface area is 148 Å². The molecule has 0 unspecified atom stereocenters. The molecule has 0 radical (unpaired) electrons. The molecule has 0 saturated carbocycles. The fourth-order valence-corrected chi connectivity index (χ4v) is 3.15. The topological polar surface area (TPSA) is 90.1 Å². The molecule has 0 bridgehead atoms. The summed E-state index contributed by atoms with van der Waals surface area (Å²) in [4.78, 5) is 26.9. The van der Waals surface area contributed by atoms with E-state index in [4.69, 9.17) is 0 Å². The summed E-state index contributed by atoms with van der Waals surface area (Å²) in [5, 5.41) is 13.4. The summed E-state index contributed by atoms with van der Waals surface area (Å²) in [7, 11) is 0. The molecule has 2 heterocycles. The van der Waals surface area contributed by atoms with Gasteiger partial charge in [0, 0.05) is 38.0 Å². The highest BCUT2D eigenvalue weighted by molar-refractivity contribution is 7.17. The van der Waals surface area contributed by atoms with Crippen LogP contribution in [-0.4, -0.2) is 26.9 Å². The minimum absolute atomic E-state index is 0.0384. The van der Waals surface area contributed by atoms with Crippen molar-refractivity contribution in [2.75, 3.05) is 6.54 Å². The average Bonchev–Trinajstić information content (AvgIpc) is 3.26. The molecule has 128 valence electrons. The van der Waals surface area contributed by atoms with Crippen LogP contribution in [0, 0.1) is 10.1 Å². The summed E-state index contributed by atoms with van der Waals surface area (Å²) < 4.78 is 2.04. The molecule has 8 heteroatoms. The smallest absolute Gasteiger partial charge is 0.324 e. The van der Waals surface area contributed by atoms with Gasteiger partial charge in [0.25, 0.3) is 5.91 Å². The van der Waals surface area contributed by atoms with E-state index >= 15 is 0 Å². The van der Waals surface area contributed by atoms with Crippen LogP contribution in [-0.2, 0) is 13.0 Å². The second-order valence-corrected chi connectivity index (χ2v) is 6.42. The fraction of sp³-hybridized carbons (Fsp3) is 0.176. The summed E-state index contributed by atoms with van der Waals surface area (Å²) in [6, 6.07) is 12.9. The van der Waals surface area contributed by atoms with Crippen LogP contribution in [0.3, 0.4) is 0 Å². The number of aromatic nitrogens is 2. The normalized spacial score (nSPS) is 10.6. The van der Waals surface area contributed by atoms with E-state index in [0.717, 1.165) is 23.7 Å². The van der Waals surface area contributed by atoms with Crippen LogP contribution in [0.4, 0.5) is 5.00 Å². The van der Waals surface area contributed by atoms with Gasteiger partial charge in [-0.25, -0.2) is 4.98 Å². The number of carbonyl (C=O) groups is 1. The third kappa shape index (κ3) is 4.30. The molecule has 7 nitrogen and oxygen atoms in total. The summed E-state index contributed by atoms with van der Waals surface area (Å²) >= 11 is 0.870. The molecule has 1 aromatic carbocycles. The van der Waals surface area contributed by atoms with Gasteiger partial charge >= 0.3 is 5.00 Å². The number of rotatable bonds is 7. The summed E-state index contributed by atoms with van der Waals surface area (Å²) in [5.41, 5.74) is 1.18.